The fraction of sp³-hybridized carbons (Fsp3) is 0.444. The van der Waals surface area contributed by atoms with Gasteiger partial charge < -0.3 is 9.80 Å². The Morgan fingerprint density at radius 1 is 1.14 bits per heavy atom. The van der Waals surface area contributed by atoms with Crippen LogP contribution in [0.2, 0.25) is 0 Å². The first-order valence-electron chi connectivity index (χ1n) is 8.18. The summed E-state index contributed by atoms with van der Waals surface area (Å²) in [6.07, 6.45) is 4.37. The van der Waals surface area contributed by atoms with Crippen LogP contribution in [0.25, 0.3) is 0 Å². The van der Waals surface area contributed by atoms with Crippen LogP contribution in [0.5, 0.6) is 0 Å². The van der Waals surface area contributed by atoms with Gasteiger partial charge in [-0.1, -0.05) is 25.1 Å². The molecule has 0 N–H and O–H groups in total. The van der Waals surface area contributed by atoms with Gasteiger partial charge in [-0.25, -0.2) is 4.98 Å². The van der Waals surface area contributed by atoms with Crippen molar-refractivity contribution in [2.24, 2.45) is 5.92 Å². The number of aromatic nitrogens is 2. The van der Waals surface area contributed by atoms with Gasteiger partial charge >= 0.3 is 0 Å². The first kappa shape index (κ1) is 14.8. The molecular weight excluding hydrogens is 272 g/mol. The van der Waals surface area contributed by atoms with Gasteiger partial charge in [0.1, 0.15) is 5.82 Å². The molecule has 1 aliphatic rings. The van der Waals surface area contributed by atoms with E-state index in [-0.39, 0.29) is 0 Å². The first-order chi connectivity index (χ1) is 10.8. The van der Waals surface area contributed by atoms with Crippen LogP contribution in [0, 0.1) is 5.92 Å². The van der Waals surface area contributed by atoms with Crippen LogP contribution in [0.15, 0.2) is 42.6 Å². The summed E-state index contributed by atoms with van der Waals surface area (Å²) in [6, 6.07) is 12.4. The molecule has 1 aromatic heterocycles. The Bertz CT molecular complexity index is 591. The third-order valence-corrected chi connectivity index (χ3v) is 4.36. The molecule has 0 atom stereocenters. The van der Waals surface area contributed by atoms with E-state index in [1.807, 2.05) is 30.5 Å². The van der Waals surface area contributed by atoms with E-state index in [1.54, 1.807) is 0 Å². The monoisotopic (exact) mass is 296 g/mol. The summed E-state index contributed by atoms with van der Waals surface area (Å²) in [5, 5.41) is 0. The predicted molar refractivity (Wildman–Crippen MR) is 91.8 cm³/mol. The van der Waals surface area contributed by atoms with E-state index in [4.69, 9.17) is 4.98 Å². The maximum Gasteiger partial charge on any atom is 0.231 e. The van der Waals surface area contributed by atoms with Gasteiger partial charge in [-0.2, -0.15) is 4.98 Å². The van der Waals surface area contributed by atoms with Crippen molar-refractivity contribution in [3.8, 4) is 0 Å². The van der Waals surface area contributed by atoms with E-state index in [0.29, 0.717) is 0 Å². The minimum absolute atomic E-state index is 0.782. The third kappa shape index (κ3) is 3.21. The molecule has 0 radical (unpaired) electrons. The maximum atomic E-state index is 4.81. The summed E-state index contributed by atoms with van der Waals surface area (Å²) >= 11 is 0. The highest BCUT2D eigenvalue weighted by atomic mass is 15.3. The Labute approximate surface area is 132 Å². The second kappa shape index (κ2) is 6.77. The summed E-state index contributed by atoms with van der Waals surface area (Å²) in [4.78, 5) is 13.8. The molecule has 0 amide bonds. The second-order valence-electron chi connectivity index (χ2n) is 5.96. The summed E-state index contributed by atoms with van der Waals surface area (Å²) in [6.45, 7) is 7.50. The molecule has 1 fully saturated rings. The lowest BCUT2D eigenvalue weighted by Gasteiger charge is -2.31. The van der Waals surface area contributed by atoms with Crippen LogP contribution in [0.4, 0.5) is 17.5 Å². The Morgan fingerprint density at radius 3 is 2.55 bits per heavy atom. The highest BCUT2D eigenvalue weighted by Gasteiger charge is 2.18. The van der Waals surface area contributed by atoms with E-state index >= 15 is 0 Å². The van der Waals surface area contributed by atoms with Crippen molar-refractivity contribution >= 4 is 17.5 Å². The molecule has 0 unspecified atom stereocenters. The van der Waals surface area contributed by atoms with E-state index < -0.39 is 0 Å². The van der Waals surface area contributed by atoms with Crippen LogP contribution in [-0.2, 0) is 0 Å². The van der Waals surface area contributed by atoms with Crippen molar-refractivity contribution < 1.29 is 0 Å². The maximum absolute atomic E-state index is 4.81. The van der Waals surface area contributed by atoms with Crippen molar-refractivity contribution in [2.75, 3.05) is 29.4 Å². The lowest BCUT2D eigenvalue weighted by Crippen LogP contribution is -2.33. The zero-order chi connectivity index (χ0) is 15.4. The smallest absolute Gasteiger partial charge is 0.231 e. The van der Waals surface area contributed by atoms with E-state index in [2.05, 4.69) is 40.8 Å². The van der Waals surface area contributed by atoms with Gasteiger partial charge in [-0.15, -0.1) is 0 Å². The summed E-state index contributed by atoms with van der Waals surface area (Å²) in [7, 11) is 0. The minimum atomic E-state index is 0.782. The van der Waals surface area contributed by atoms with Crippen LogP contribution in [0.3, 0.4) is 0 Å². The van der Waals surface area contributed by atoms with E-state index in [0.717, 1.165) is 43.0 Å². The van der Waals surface area contributed by atoms with Gasteiger partial charge in [0.2, 0.25) is 5.95 Å². The lowest BCUT2D eigenvalue weighted by atomic mass is 9.99. The molecule has 0 spiro atoms. The Hall–Kier alpha value is -2.10. The normalized spacial score (nSPS) is 15.8. The van der Waals surface area contributed by atoms with Gasteiger partial charge in [-0.05, 0) is 43.9 Å². The minimum Gasteiger partial charge on any atom is -0.356 e. The number of para-hydroxylation sites is 1. The molecule has 116 valence electrons. The third-order valence-electron chi connectivity index (χ3n) is 4.36. The average molecular weight is 296 g/mol. The first-order valence-corrected chi connectivity index (χ1v) is 8.18. The summed E-state index contributed by atoms with van der Waals surface area (Å²) in [5.74, 6) is 2.66. The van der Waals surface area contributed by atoms with Crippen molar-refractivity contribution in [3.63, 3.8) is 0 Å². The summed E-state index contributed by atoms with van der Waals surface area (Å²) in [5.41, 5.74) is 1.13. The van der Waals surface area contributed by atoms with Gasteiger partial charge in [0.25, 0.3) is 0 Å². The van der Waals surface area contributed by atoms with Crippen LogP contribution >= 0.6 is 0 Å². The molecule has 0 aliphatic carbocycles. The van der Waals surface area contributed by atoms with E-state index in [9.17, 15) is 0 Å². The van der Waals surface area contributed by atoms with Crippen molar-refractivity contribution in [1.82, 2.24) is 9.97 Å². The number of hydrogen-bond acceptors (Lipinski definition) is 4. The zero-order valence-electron chi connectivity index (χ0n) is 13.4. The molecule has 2 heterocycles. The number of anilines is 3. The van der Waals surface area contributed by atoms with Crippen molar-refractivity contribution in [1.29, 1.82) is 0 Å². The molecule has 0 saturated carbocycles. The van der Waals surface area contributed by atoms with Crippen LogP contribution < -0.4 is 9.80 Å². The molecule has 1 aromatic carbocycles. The predicted octanol–water partition coefficient (Wildman–Crippen LogP) is 3.87. The molecule has 1 saturated heterocycles. The van der Waals surface area contributed by atoms with Gasteiger partial charge in [0.05, 0.1) is 0 Å². The Morgan fingerprint density at radius 2 is 1.86 bits per heavy atom. The Kier molecular flexibility index (Phi) is 4.56. The molecular formula is C18H24N4. The van der Waals surface area contributed by atoms with Gasteiger partial charge in [0.15, 0.2) is 0 Å². The fourth-order valence-corrected chi connectivity index (χ4v) is 2.93. The standard InChI is InChI=1S/C18H24N4/c1-3-22(16-7-5-4-6-8-16)18-19-12-9-17(20-18)21-13-10-15(2)11-14-21/h4-9,12,15H,3,10-11,13-14H2,1-2H3. The number of hydrogen-bond donors (Lipinski definition) is 0. The molecule has 4 nitrogen and oxygen atoms in total. The van der Waals surface area contributed by atoms with Crippen molar-refractivity contribution in [3.05, 3.63) is 42.6 Å². The largest absolute Gasteiger partial charge is 0.356 e. The molecule has 0 bridgehead atoms. The van der Waals surface area contributed by atoms with E-state index in [1.165, 1.54) is 12.8 Å². The fourth-order valence-electron chi connectivity index (χ4n) is 2.93. The van der Waals surface area contributed by atoms with Crippen molar-refractivity contribution in [2.45, 2.75) is 26.7 Å². The number of benzene rings is 1. The van der Waals surface area contributed by atoms with Gasteiger partial charge in [-0.3, -0.25) is 0 Å². The SMILES string of the molecule is CCN(c1ccccc1)c1nccc(N2CCC(C)CC2)n1. The van der Waals surface area contributed by atoms with Crippen LogP contribution in [-0.4, -0.2) is 29.6 Å². The quantitative estimate of drug-likeness (QED) is 0.857. The molecule has 3 rings (SSSR count). The highest BCUT2D eigenvalue weighted by molar-refractivity contribution is 5.58. The molecule has 4 heteroatoms. The molecule has 1 aliphatic heterocycles. The Balaban J connectivity index is 1.84. The molecule has 2 aromatic rings. The molecule has 22 heavy (non-hydrogen) atoms. The number of rotatable bonds is 4. The second-order valence-corrected chi connectivity index (χ2v) is 5.96. The summed E-state index contributed by atoms with van der Waals surface area (Å²) < 4.78 is 0. The van der Waals surface area contributed by atoms with Crippen LogP contribution in [0.1, 0.15) is 26.7 Å². The number of nitrogens with zero attached hydrogens (tertiary/aromatic N) is 4. The topological polar surface area (TPSA) is 32.3 Å². The lowest BCUT2D eigenvalue weighted by molar-refractivity contribution is 0.436. The number of piperidine rings is 1. The highest BCUT2D eigenvalue weighted by Crippen LogP contribution is 2.25. The zero-order valence-corrected chi connectivity index (χ0v) is 13.4. The average Bonchev–Trinajstić information content (AvgIpc) is 2.57. The van der Waals surface area contributed by atoms with Gasteiger partial charge in [0, 0.05) is 31.5 Å².